The number of halogens is 1. The minimum Gasteiger partial charge on any atom is -0.496 e. The highest BCUT2D eigenvalue weighted by molar-refractivity contribution is 6.19. The van der Waals surface area contributed by atoms with Crippen molar-refractivity contribution in [1.29, 1.82) is 0 Å². The number of ether oxygens (including phenoxy) is 1. The SMILES string of the molecule is C/C=C(/C(=O)NCc1cccc(F)c1)c1cccc(OC)c1C. The van der Waals surface area contributed by atoms with Crippen molar-refractivity contribution in [1.82, 2.24) is 5.32 Å². The van der Waals surface area contributed by atoms with Gasteiger partial charge in [0.2, 0.25) is 0 Å². The molecule has 1 N–H and O–H groups in total. The van der Waals surface area contributed by atoms with E-state index in [1.165, 1.54) is 12.1 Å². The lowest BCUT2D eigenvalue weighted by molar-refractivity contribution is -0.115. The fourth-order valence-corrected chi connectivity index (χ4v) is 2.46. The molecule has 23 heavy (non-hydrogen) atoms. The summed E-state index contributed by atoms with van der Waals surface area (Å²) in [5.74, 6) is 0.222. The smallest absolute Gasteiger partial charge is 0.251 e. The van der Waals surface area contributed by atoms with Gasteiger partial charge in [-0.05, 0) is 48.7 Å². The first-order valence-electron chi connectivity index (χ1n) is 7.39. The molecule has 0 fully saturated rings. The van der Waals surface area contributed by atoms with Crippen LogP contribution in [0.25, 0.3) is 5.57 Å². The summed E-state index contributed by atoms with van der Waals surface area (Å²) in [4.78, 5) is 12.5. The van der Waals surface area contributed by atoms with Crippen LogP contribution in [-0.4, -0.2) is 13.0 Å². The minimum absolute atomic E-state index is 0.201. The number of amides is 1. The van der Waals surface area contributed by atoms with Gasteiger partial charge in [0.05, 0.1) is 7.11 Å². The number of allylic oxidation sites excluding steroid dienone is 1. The summed E-state index contributed by atoms with van der Waals surface area (Å²) < 4.78 is 18.5. The first-order chi connectivity index (χ1) is 11.1. The fraction of sp³-hybridized carbons (Fsp3) is 0.211. The van der Waals surface area contributed by atoms with Crippen LogP contribution in [0.4, 0.5) is 4.39 Å². The number of hydrogen-bond donors (Lipinski definition) is 1. The van der Waals surface area contributed by atoms with E-state index in [9.17, 15) is 9.18 Å². The normalized spacial score (nSPS) is 11.2. The van der Waals surface area contributed by atoms with Gasteiger partial charge < -0.3 is 10.1 Å². The van der Waals surface area contributed by atoms with E-state index in [0.717, 1.165) is 22.4 Å². The lowest BCUT2D eigenvalue weighted by Gasteiger charge is -2.13. The summed E-state index contributed by atoms with van der Waals surface area (Å²) >= 11 is 0. The van der Waals surface area contributed by atoms with Crippen LogP contribution in [0.3, 0.4) is 0 Å². The molecule has 2 aromatic rings. The largest absolute Gasteiger partial charge is 0.496 e. The zero-order chi connectivity index (χ0) is 16.8. The Bertz CT molecular complexity index is 738. The van der Waals surface area contributed by atoms with Gasteiger partial charge in [-0.2, -0.15) is 0 Å². The van der Waals surface area contributed by atoms with Gasteiger partial charge in [0.25, 0.3) is 5.91 Å². The molecule has 0 unspecified atom stereocenters. The van der Waals surface area contributed by atoms with E-state index in [1.807, 2.05) is 32.0 Å². The molecular formula is C19H20FNO2. The van der Waals surface area contributed by atoms with E-state index >= 15 is 0 Å². The first kappa shape index (κ1) is 16.7. The van der Waals surface area contributed by atoms with Crippen LogP contribution in [0.1, 0.15) is 23.6 Å². The van der Waals surface area contributed by atoms with Crippen molar-refractivity contribution in [3.8, 4) is 5.75 Å². The number of hydrogen-bond acceptors (Lipinski definition) is 2. The summed E-state index contributed by atoms with van der Waals surface area (Å²) in [5.41, 5.74) is 3.02. The fourth-order valence-electron chi connectivity index (χ4n) is 2.46. The van der Waals surface area contributed by atoms with Crippen LogP contribution in [-0.2, 0) is 11.3 Å². The summed E-state index contributed by atoms with van der Waals surface area (Å²) in [6.07, 6.45) is 1.77. The van der Waals surface area contributed by atoms with Crippen LogP contribution in [0, 0.1) is 12.7 Å². The predicted molar refractivity (Wildman–Crippen MR) is 89.6 cm³/mol. The van der Waals surface area contributed by atoms with Gasteiger partial charge in [0, 0.05) is 12.1 Å². The lowest BCUT2D eigenvalue weighted by atomic mass is 9.99. The van der Waals surface area contributed by atoms with E-state index in [0.29, 0.717) is 5.57 Å². The van der Waals surface area contributed by atoms with Crippen molar-refractivity contribution in [2.75, 3.05) is 7.11 Å². The summed E-state index contributed by atoms with van der Waals surface area (Å²) in [6.45, 7) is 4.00. The average molecular weight is 313 g/mol. The Kier molecular flexibility index (Phi) is 5.52. The van der Waals surface area contributed by atoms with E-state index < -0.39 is 0 Å². The molecule has 0 bridgehead atoms. The molecule has 0 aliphatic rings. The maximum atomic E-state index is 13.2. The van der Waals surface area contributed by atoms with Crippen molar-refractivity contribution in [2.45, 2.75) is 20.4 Å². The quantitative estimate of drug-likeness (QED) is 0.851. The number of rotatable bonds is 5. The first-order valence-corrected chi connectivity index (χ1v) is 7.39. The number of carbonyl (C=O) groups is 1. The second kappa shape index (κ2) is 7.58. The molecule has 4 heteroatoms. The Hall–Kier alpha value is -2.62. The molecule has 120 valence electrons. The molecule has 1 amide bonds. The lowest BCUT2D eigenvalue weighted by Crippen LogP contribution is -2.24. The van der Waals surface area contributed by atoms with Gasteiger partial charge in [-0.1, -0.05) is 30.3 Å². The number of carbonyl (C=O) groups excluding carboxylic acids is 1. The molecule has 0 radical (unpaired) electrons. The molecule has 0 saturated carbocycles. The monoisotopic (exact) mass is 313 g/mol. The Morgan fingerprint density at radius 2 is 2.00 bits per heavy atom. The van der Waals surface area contributed by atoms with E-state index in [2.05, 4.69) is 5.32 Å². The summed E-state index contributed by atoms with van der Waals surface area (Å²) in [7, 11) is 1.60. The second-order valence-corrected chi connectivity index (χ2v) is 5.15. The molecule has 2 rings (SSSR count). The van der Waals surface area contributed by atoms with Crippen LogP contribution in [0.5, 0.6) is 5.75 Å². The maximum Gasteiger partial charge on any atom is 0.251 e. The van der Waals surface area contributed by atoms with Crippen molar-refractivity contribution < 1.29 is 13.9 Å². The van der Waals surface area contributed by atoms with Crippen molar-refractivity contribution in [2.24, 2.45) is 0 Å². The van der Waals surface area contributed by atoms with Crippen molar-refractivity contribution in [3.05, 3.63) is 71.0 Å². The molecule has 0 heterocycles. The van der Waals surface area contributed by atoms with Gasteiger partial charge in [0.15, 0.2) is 0 Å². The molecular weight excluding hydrogens is 293 g/mol. The Labute approximate surface area is 135 Å². The molecule has 0 aliphatic carbocycles. The third kappa shape index (κ3) is 3.97. The highest BCUT2D eigenvalue weighted by Crippen LogP contribution is 2.26. The average Bonchev–Trinajstić information content (AvgIpc) is 2.55. The van der Waals surface area contributed by atoms with Gasteiger partial charge in [0.1, 0.15) is 11.6 Å². The molecule has 3 nitrogen and oxygen atoms in total. The van der Waals surface area contributed by atoms with Gasteiger partial charge in [-0.15, -0.1) is 0 Å². The number of benzene rings is 2. The zero-order valence-electron chi connectivity index (χ0n) is 13.5. The summed E-state index contributed by atoms with van der Waals surface area (Å²) in [5, 5.41) is 2.83. The maximum absolute atomic E-state index is 13.2. The third-order valence-corrected chi connectivity index (χ3v) is 3.67. The van der Waals surface area contributed by atoms with Crippen molar-refractivity contribution in [3.63, 3.8) is 0 Å². The molecule has 0 aliphatic heterocycles. The highest BCUT2D eigenvalue weighted by Gasteiger charge is 2.15. The predicted octanol–water partition coefficient (Wildman–Crippen LogP) is 3.86. The van der Waals surface area contributed by atoms with Crippen LogP contribution >= 0.6 is 0 Å². The molecule has 0 atom stereocenters. The second-order valence-electron chi connectivity index (χ2n) is 5.15. The molecule has 0 aromatic heterocycles. The van der Waals surface area contributed by atoms with E-state index in [4.69, 9.17) is 4.74 Å². The zero-order valence-corrected chi connectivity index (χ0v) is 13.5. The molecule has 0 spiro atoms. The standard InChI is InChI=1S/C19H20FNO2/c1-4-16(17-9-6-10-18(23-3)13(17)2)19(22)21-12-14-7-5-8-15(20)11-14/h4-11H,12H2,1-3H3,(H,21,22)/b16-4+. The van der Waals surface area contributed by atoms with Gasteiger partial charge >= 0.3 is 0 Å². The Morgan fingerprint density at radius 1 is 1.26 bits per heavy atom. The third-order valence-electron chi connectivity index (χ3n) is 3.67. The topological polar surface area (TPSA) is 38.3 Å². The van der Waals surface area contributed by atoms with Crippen LogP contribution < -0.4 is 10.1 Å². The molecule has 2 aromatic carbocycles. The number of methoxy groups -OCH3 is 1. The van der Waals surface area contributed by atoms with Crippen LogP contribution in [0.2, 0.25) is 0 Å². The Morgan fingerprint density at radius 3 is 2.65 bits per heavy atom. The summed E-state index contributed by atoms with van der Waals surface area (Å²) in [6, 6.07) is 11.8. The Balaban J connectivity index is 2.17. The van der Waals surface area contributed by atoms with Crippen LogP contribution in [0.15, 0.2) is 48.5 Å². The van der Waals surface area contributed by atoms with Gasteiger partial charge in [-0.25, -0.2) is 4.39 Å². The van der Waals surface area contributed by atoms with Gasteiger partial charge in [-0.3, -0.25) is 4.79 Å². The highest BCUT2D eigenvalue weighted by atomic mass is 19.1. The van der Waals surface area contributed by atoms with Crippen molar-refractivity contribution >= 4 is 11.5 Å². The molecule has 0 saturated heterocycles. The number of nitrogens with one attached hydrogen (secondary N) is 1. The van der Waals surface area contributed by atoms with E-state index in [-0.39, 0.29) is 18.3 Å². The minimum atomic E-state index is -0.313. The van der Waals surface area contributed by atoms with E-state index in [1.54, 1.807) is 25.3 Å².